The number of nitrogen functional groups attached to an aromatic ring is 1. The Morgan fingerprint density at radius 2 is 2.14 bits per heavy atom. The van der Waals surface area contributed by atoms with Crippen molar-refractivity contribution in [2.45, 2.75) is 39.2 Å². The summed E-state index contributed by atoms with van der Waals surface area (Å²) in [6.45, 7) is 3.08. The van der Waals surface area contributed by atoms with E-state index in [0.29, 0.717) is 23.2 Å². The van der Waals surface area contributed by atoms with Gasteiger partial charge in [0.1, 0.15) is 5.82 Å². The fourth-order valence-corrected chi connectivity index (χ4v) is 3.09. The monoisotopic (exact) mass is 289 g/mol. The van der Waals surface area contributed by atoms with Crippen LogP contribution in [0.25, 0.3) is 11.4 Å². The fourth-order valence-electron chi connectivity index (χ4n) is 3.09. The van der Waals surface area contributed by atoms with E-state index in [2.05, 4.69) is 22.4 Å². The predicted octanol–water partition coefficient (Wildman–Crippen LogP) is 2.89. The molecule has 1 aromatic heterocycles. The van der Waals surface area contributed by atoms with Crippen molar-refractivity contribution in [3.63, 3.8) is 0 Å². The van der Waals surface area contributed by atoms with Gasteiger partial charge < -0.3 is 5.73 Å². The van der Waals surface area contributed by atoms with Crippen molar-refractivity contribution in [2.24, 2.45) is 11.8 Å². The second kappa shape index (κ2) is 5.79. The molecule has 2 unspecified atom stereocenters. The highest BCUT2D eigenvalue weighted by molar-refractivity contribution is 5.59. The molecule has 2 atom stereocenters. The van der Waals surface area contributed by atoms with Crippen molar-refractivity contribution in [1.82, 2.24) is 20.2 Å². The van der Waals surface area contributed by atoms with Gasteiger partial charge in [-0.15, -0.1) is 5.10 Å². The summed E-state index contributed by atoms with van der Waals surface area (Å²) in [5.41, 5.74) is 6.31. The Morgan fingerprint density at radius 3 is 2.90 bits per heavy atom. The summed E-state index contributed by atoms with van der Waals surface area (Å²) in [6, 6.07) is 4.69. The molecule has 1 saturated carbocycles. The fraction of sp³-hybridized carbons (Fsp3) is 0.533. The summed E-state index contributed by atoms with van der Waals surface area (Å²) in [7, 11) is 0. The summed E-state index contributed by atoms with van der Waals surface area (Å²) in [6.07, 6.45) is 5.04. The van der Waals surface area contributed by atoms with Crippen molar-refractivity contribution < 1.29 is 4.39 Å². The number of halogens is 1. The average molecular weight is 289 g/mol. The number of aromatic nitrogens is 4. The van der Waals surface area contributed by atoms with Crippen molar-refractivity contribution in [3.8, 4) is 11.4 Å². The number of tetrazole rings is 1. The van der Waals surface area contributed by atoms with Crippen molar-refractivity contribution >= 4 is 5.69 Å². The molecule has 0 saturated heterocycles. The highest BCUT2D eigenvalue weighted by Gasteiger charge is 2.23. The van der Waals surface area contributed by atoms with Gasteiger partial charge in [0.25, 0.3) is 0 Å². The van der Waals surface area contributed by atoms with Gasteiger partial charge in [-0.25, -0.2) is 9.07 Å². The normalized spacial score (nSPS) is 22.4. The summed E-state index contributed by atoms with van der Waals surface area (Å²) in [4.78, 5) is 0. The molecule has 1 aromatic carbocycles. The molecule has 112 valence electrons. The van der Waals surface area contributed by atoms with Crippen molar-refractivity contribution in [2.75, 3.05) is 5.73 Å². The lowest BCUT2D eigenvalue weighted by atomic mass is 9.80. The molecule has 2 N–H and O–H groups in total. The maximum atomic E-state index is 13.6. The Balaban J connectivity index is 1.84. The van der Waals surface area contributed by atoms with Crippen LogP contribution in [0.2, 0.25) is 0 Å². The van der Waals surface area contributed by atoms with Gasteiger partial charge in [0, 0.05) is 12.1 Å². The first-order valence-corrected chi connectivity index (χ1v) is 7.46. The third-order valence-corrected chi connectivity index (χ3v) is 4.49. The van der Waals surface area contributed by atoms with Crippen LogP contribution in [0.15, 0.2) is 18.2 Å². The van der Waals surface area contributed by atoms with Gasteiger partial charge in [-0.05, 0) is 46.9 Å². The third kappa shape index (κ3) is 2.89. The van der Waals surface area contributed by atoms with Crippen LogP contribution in [0, 0.1) is 17.7 Å². The largest absolute Gasteiger partial charge is 0.396 e. The van der Waals surface area contributed by atoms with Gasteiger partial charge in [-0.2, -0.15) is 0 Å². The zero-order chi connectivity index (χ0) is 14.8. The lowest BCUT2D eigenvalue weighted by molar-refractivity contribution is 0.221. The van der Waals surface area contributed by atoms with Crippen LogP contribution in [0.1, 0.15) is 32.6 Å². The van der Waals surface area contributed by atoms with E-state index in [4.69, 9.17) is 5.73 Å². The Labute approximate surface area is 123 Å². The number of nitrogens with zero attached hydrogens (tertiary/aromatic N) is 4. The molecule has 0 bridgehead atoms. The van der Waals surface area contributed by atoms with Crippen LogP contribution in [0.4, 0.5) is 10.1 Å². The lowest BCUT2D eigenvalue weighted by Gasteiger charge is -2.28. The molecule has 1 fully saturated rings. The Kier molecular flexibility index (Phi) is 3.86. The van der Waals surface area contributed by atoms with E-state index < -0.39 is 5.82 Å². The second-order valence-electron chi connectivity index (χ2n) is 5.94. The van der Waals surface area contributed by atoms with Crippen LogP contribution in [0.5, 0.6) is 0 Å². The zero-order valence-electron chi connectivity index (χ0n) is 12.2. The highest BCUT2D eigenvalue weighted by atomic mass is 19.1. The first kappa shape index (κ1) is 14.0. The molecular weight excluding hydrogens is 269 g/mol. The van der Waals surface area contributed by atoms with Crippen LogP contribution in [0.3, 0.4) is 0 Å². The summed E-state index contributed by atoms with van der Waals surface area (Å²) < 4.78 is 15.4. The molecule has 1 heterocycles. The van der Waals surface area contributed by atoms with E-state index in [1.807, 2.05) is 0 Å². The number of rotatable bonds is 3. The quantitative estimate of drug-likeness (QED) is 0.882. The summed E-state index contributed by atoms with van der Waals surface area (Å²) in [5, 5.41) is 11.9. The van der Waals surface area contributed by atoms with E-state index in [9.17, 15) is 4.39 Å². The Hall–Kier alpha value is -1.98. The molecule has 0 amide bonds. The van der Waals surface area contributed by atoms with E-state index in [1.54, 1.807) is 16.8 Å². The molecule has 6 heteroatoms. The highest BCUT2D eigenvalue weighted by Crippen LogP contribution is 2.31. The van der Waals surface area contributed by atoms with Gasteiger partial charge in [0.15, 0.2) is 5.82 Å². The van der Waals surface area contributed by atoms with Crippen LogP contribution in [-0.4, -0.2) is 20.2 Å². The maximum absolute atomic E-state index is 13.6. The smallest absolute Gasteiger partial charge is 0.182 e. The molecule has 5 nitrogen and oxygen atoms in total. The van der Waals surface area contributed by atoms with Crippen LogP contribution < -0.4 is 5.73 Å². The second-order valence-corrected chi connectivity index (χ2v) is 5.94. The Morgan fingerprint density at radius 1 is 1.33 bits per heavy atom. The number of anilines is 1. The molecular formula is C15H20FN5. The standard InChI is InChI=1S/C15H20FN5/c1-10-4-2-3-5-12(10)9-21-15(18-19-20-21)11-6-7-14(17)13(16)8-11/h6-8,10,12H,2-5,9,17H2,1H3. The van der Waals surface area contributed by atoms with Crippen molar-refractivity contribution in [3.05, 3.63) is 24.0 Å². The minimum Gasteiger partial charge on any atom is -0.396 e. The molecule has 1 aliphatic carbocycles. The first-order chi connectivity index (χ1) is 10.1. The number of hydrogen-bond acceptors (Lipinski definition) is 4. The van der Waals surface area contributed by atoms with Crippen molar-refractivity contribution in [1.29, 1.82) is 0 Å². The van der Waals surface area contributed by atoms with Gasteiger partial charge in [0.05, 0.1) is 5.69 Å². The molecule has 0 radical (unpaired) electrons. The molecule has 21 heavy (non-hydrogen) atoms. The molecule has 2 aromatic rings. The van der Waals surface area contributed by atoms with Crippen LogP contribution >= 0.6 is 0 Å². The summed E-state index contributed by atoms with van der Waals surface area (Å²) >= 11 is 0. The number of benzene rings is 1. The third-order valence-electron chi connectivity index (χ3n) is 4.49. The number of nitrogens with two attached hydrogens (primary N) is 1. The minimum absolute atomic E-state index is 0.138. The SMILES string of the molecule is CC1CCCCC1Cn1nnnc1-c1ccc(N)c(F)c1. The predicted molar refractivity (Wildman–Crippen MR) is 78.7 cm³/mol. The molecule has 1 aliphatic rings. The van der Waals surface area contributed by atoms with Gasteiger partial charge in [-0.3, -0.25) is 0 Å². The van der Waals surface area contributed by atoms with E-state index in [-0.39, 0.29) is 5.69 Å². The maximum Gasteiger partial charge on any atom is 0.182 e. The minimum atomic E-state index is -0.437. The van der Waals surface area contributed by atoms with Gasteiger partial charge in [0.2, 0.25) is 0 Å². The topological polar surface area (TPSA) is 69.6 Å². The molecule has 0 aliphatic heterocycles. The van der Waals surface area contributed by atoms with Gasteiger partial charge in [-0.1, -0.05) is 26.2 Å². The Bertz CT molecular complexity index is 624. The first-order valence-electron chi connectivity index (χ1n) is 7.46. The molecule has 0 spiro atoms. The lowest BCUT2D eigenvalue weighted by Crippen LogP contribution is -2.23. The zero-order valence-corrected chi connectivity index (χ0v) is 12.2. The van der Waals surface area contributed by atoms with E-state index in [0.717, 1.165) is 6.54 Å². The van der Waals surface area contributed by atoms with Gasteiger partial charge >= 0.3 is 0 Å². The number of hydrogen-bond donors (Lipinski definition) is 1. The van der Waals surface area contributed by atoms with E-state index in [1.165, 1.54) is 31.7 Å². The van der Waals surface area contributed by atoms with E-state index >= 15 is 0 Å². The average Bonchev–Trinajstić information content (AvgIpc) is 2.93. The van der Waals surface area contributed by atoms with Crippen LogP contribution in [-0.2, 0) is 6.54 Å². The summed E-state index contributed by atoms with van der Waals surface area (Å²) in [5.74, 6) is 1.43. The molecule has 3 rings (SSSR count).